The third kappa shape index (κ3) is 2.77. The molecule has 0 bridgehead atoms. The first-order chi connectivity index (χ1) is 8.50. The molecule has 0 aliphatic carbocycles. The summed E-state index contributed by atoms with van der Waals surface area (Å²) >= 11 is 3.95. The molecule has 18 heavy (non-hydrogen) atoms. The average molecular weight is 377 g/mol. The smallest absolute Gasteiger partial charge is 0.254 e. The molecule has 5 heteroatoms. The number of amides is 1. The number of carbonyl (C=O) groups excluding carboxylic acids is 1. The molecule has 98 valence electrons. The van der Waals surface area contributed by atoms with E-state index in [1.807, 2.05) is 39.3 Å². The Morgan fingerprint density at radius 2 is 2.22 bits per heavy atom. The van der Waals surface area contributed by atoms with Gasteiger partial charge in [0.1, 0.15) is 5.75 Å². The number of phenolic OH excluding ortho intramolecular Hbond substituents is 1. The van der Waals surface area contributed by atoms with Crippen LogP contribution in [-0.4, -0.2) is 39.5 Å². The molecule has 1 amide bonds. The average Bonchev–Trinajstić information content (AvgIpc) is 2.35. The van der Waals surface area contributed by atoms with Gasteiger partial charge in [0.2, 0.25) is 0 Å². The van der Waals surface area contributed by atoms with Crippen LogP contribution in [0, 0.1) is 3.57 Å². The Balaban J connectivity index is 2.22. The van der Waals surface area contributed by atoms with Crippen LogP contribution in [0.25, 0.3) is 0 Å². The minimum atomic E-state index is 0.0151. The Morgan fingerprint density at radius 1 is 1.50 bits per heavy atom. The highest BCUT2D eigenvalue weighted by Gasteiger charge is 2.29. The van der Waals surface area contributed by atoms with E-state index in [0.717, 1.165) is 15.9 Å². The molecule has 2 atom stereocenters. The number of hydrogen-bond acceptors (Lipinski definition) is 3. The summed E-state index contributed by atoms with van der Waals surface area (Å²) in [7, 11) is 0. The lowest BCUT2D eigenvalue weighted by Crippen LogP contribution is -2.47. The largest absolute Gasteiger partial charge is 0.507 e. The maximum Gasteiger partial charge on any atom is 0.254 e. The van der Waals surface area contributed by atoms with Crippen LogP contribution in [0.3, 0.4) is 0 Å². The normalized spacial score (nSPS) is 24.1. The van der Waals surface area contributed by atoms with E-state index in [4.69, 9.17) is 0 Å². The van der Waals surface area contributed by atoms with E-state index < -0.39 is 0 Å². The number of rotatable bonds is 1. The van der Waals surface area contributed by atoms with Gasteiger partial charge in [-0.3, -0.25) is 4.79 Å². The Hall–Kier alpha value is -0.430. The minimum Gasteiger partial charge on any atom is -0.507 e. The predicted molar refractivity (Wildman–Crippen MR) is 83.2 cm³/mol. The number of halogens is 1. The number of carbonyl (C=O) groups is 1. The molecule has 1 N–H and O–H groups in total. The van der Waals surface area contributed by atoms with Crippen LogP contribution in [0.5, 0.6) is 5.75 Å². The van der Waals surface area contributed by atoms with Crippen molar-refractivity contribution in [3.63, 3.8) is 0 Å². The zero-order valence-corrected chi connectivity index (χ0v) is 13.4. The van der Waals surface area contributed by atoms with Crippen LogP contribution in [-0.2, 0) is 0 Å². The van der Waals surface area contributed by atoms with Crippen molar-refractivity contribution in [3.05, 3.63) is 27.3 Å². The molecule has 1 fully saturated rings. The lowest BCUT2D eigenvalue weighted by molar-refractivity contribution is 0.0697. The van der Waals surface area contributed by atoms with Gasteiger partial charge in [-0.25, -0.2) is 0 Å². The molecule has 1 saturated heterocycles. The highest BCUT2D eigenvalue weighted by atomic mass is 127. The lowest BCUT2D eigenvalue weighted by atomic mass is 10.1. The molecule has 1 aromatic carbocycles. The lowest BCUT2D eigenvalue weighted by Gasteiger charge is -2.37. The molecular weight excluding hydrogens is 361 g/mol. The van der Waals surface area contributed by atoms with Crippen LogP contribution in [0.2, 0.25) is 0 Å². The molecule has 0 saturated carbocycles. The molecular formula is C13H16INO2S. The monoisotopic (exact) mass is 377 g/mol. The first kappa shape index (κ1) is 14.0. The summed E-state index contributed by atoms with van der Waals surface area (Å²) in [5.41, 5.74) is 0.568. The van der Waals surface area contributed by atoms with E-state index in [1.165, 1.54) is 0 Å². The summed E-state index contributed by atoms with van der Waals surface area (Å²) in [6, 6.07) is 5.35. The molecule has 1 aliphatic heterocycles. The fourth-order valence-electron chi connectivity index (χ4n) is 2.03. The van der Waals surface area contributed by atoms with E-state index in [9.17, 15) is 9.90 Å². The van der Waals surface area contributed by atoms with E-state index >= 15 is 0 Å². The molecule has 1 heterocycles. The van der Waals surface area contributed by atoms with Crippen molar-refractivity contribution >= 4 is 40.3 Å². The zero-order valence-electron chi connectivity index (χ0n) is 10.4. The number of phenols is 1. The third-order valence-corrected chi connectivity index (χ3v) is 5.59. The van der Waals surface area contributed by atoms with Crippen molar-refractivity contribution in [2.24, 2.45) is 0 Å². The fraction of sp³-hybridized carbons (Fsp3) is 0.462. The number of aromatic hydroxyl groups is 1. The quantitative estimate of drug-likeness (QED) is 0.766. The van der Waals surface area contributed by atoms with Gasteiger partial charge in [0.05, 0.1) is 3.57 Å². The van der Waals surface area contributed by atoms with Gasteiger partial charge in [0.15, 0.2) is 0 Å². The van der Waals surface area contributed by atoms with Gasteiger partial charge in [-0.15, -0.1) is 0 Å². The first-order valence-electron chi connectivity index (χ1n) is 5.92. The van der Waals surface area contributed by atoms with E-state index in [2.05, 4.69) is 13.8 Å². The van der Waals surface area contributed by atoms with Crippen LogP contribution >= 0.6 is 34.4 Å². The van der Waals surface area contributed by atoms with E-state index in [-0.39, 0.29) is 17.7 Å². The maximum atomic E-state index is 12.4. The molecule has 0 aromatic heterocycles. The first-order valence-corrected chi connectivity index (χ1v) is 8.04. The topological polar surface area (TPSA) is 40.5 Å². The van der Waals surface area contributed by atoms with E-state index in [1.54, 1.807) is 18.2 Å². The number of benzene rings is 1. The molecule has 2 rings (SSSR count). The van der Waals surface area contributed by atoms with Crippen LogP contribution in [0.15, 0.2) is 18.2 Å². The summed E-state index contributed by atoms with van der Waals surface area (Å²) < 4.78 is 0.764. The highest BCUT2D eigenvalue weighted by Crippen LogP contribution is 2.27. The summed E-state index contributed by atoms with van der Waals surface area (Å²) in [5.74, 6) is 1.17. The number of nitrogens with zero attached hydrogens (tertiary/aromatic N) is 1. The Kier molecular flexibility index (Phi) is 4.42. The molecule has 1 aliphatic rings. The second-order valence-corrected chi connectivity index (χ2v) is 7.13. The van der Waals surface area contributed by atoms with Crippen molar-refractivity contribution in [2.45, 2.75) is 25.1 Å². The van der Waals surface area contributed by atoms with Crippen LogP contribution < -0.4 is 0 Å². The maximum absolute atomic E-state index is 12.4. The fourth-order valence-corrected chi connectivity index (χ4v) is 3.47. The van der Waals surface area contributed by atoms with E-state index in [0.29, 0.717) is 10.8 Å². The van der Waals surface area contributed by atoms with Gasteiger partial charge in [0.25, 0.3) is 5.91 Å². The Morgan fingerprint density at radius 3 is 2.89 bits per heavy atom. The highest BCUT2D eigenvalue weighted by molar-refractivity contribution is 14.1. The predicted octanol–water partition coefficient (Wildman–Crippen LogP) is 2.96. The summed E-state index contributed by atoms with van der Waals surface area (Å²) in [5, 5.41) is 10.1. The van der Waals surface area contributed by atoms with Crippen molar-refractivity contribution in [3.8, 4) is 5.75 Å². The number of hydrogen-bond donors (Lipinski definition) is 1. The second kappa shape index (κ2) is 5.69. The Bertz CT molecular complexity index is 466. The summed E-state index contributed by atoms with van der Waals surface area (Å²) in [4.78, 5) is 14.3. The van der Waals surface area contributed by atoms with Crippen molar-refractivity contribution < 1.29 is 9.90 Å². The van der Waals surface area contributed by atoms with Crippen molar-refractivity contribution in [1.82, 2.24) is 4.90 Å². The van der Waals surface area contributed by atoms with Gasteiger partial charge in [-0.2, -0.15) is 11.8 Å². The SMILES string of the molecule is CC1SCCN(C(=O)c2ccc(I)c(O)c2)C1C. The molecule has 0 radical (unpaired) electrons. The summed E-state index contributed by atoms with van der Waals surface area (Å²) in [6.07, 6.45) is 0. The zero-order chi connectivity index (χ0) is 13.3. The molecule has 0 spiro atoms. The van der Waals surface area contributed by atoms with Crippen molar-refractivity contribution in [1.29, 1.82) is 0 Å². The molecule has 2 unspecified atom stereocenters. The van der Waals surface area contributed by atoms with Gasteiger partial charge < -0.3 is 10.0 Å². The van der Waals surface area contributed by atoms with Crippen molar-refractivity contribution in [2.75, 3.05) is 12.3 Å². The Labute approximate surface area is 125 Å². The van der Waals surface area contributed by atoms with Gasteiger partial charge in [-0.1, -0.05) is 6.92 Å². The second-order valence-electron chi connectivity index (χ2n) is 4.48. The van der Waals surface area contributed by atoms with Gasteiger partial charge in [-0.05, 0) is 47.7 Å². The van der Waals surface area contributed by atoms with Crippen LogP contribution in [0.4, 0.5) is 0 Å². The van der Waals surface area contributed by atoms with Crippen LogP contribution in [0.1, 0.15) is 24.2 Å². The number of thioether (sulfide) groups is 1. The molecule has 3 nitrogen and oxygen atoms in total. The standard InChI is InChI=1S/C13H16INO2S/c1-8-9(2)18-6-5-15(8)13(17)10-3-4-11(14)12(16)7-10/h3-4,7-9,16H,5-6H2,1-2H3. The molecule has 1 aromatic rings. The summed E-state index contributed by atoms with van der Waals surface area (Å²) in [6.45, 7) is 5.02. The third-order valence-electron chi connectivity index (χ3n) is 3.34. The minimum absolute atomic E-state index is 0.0151. The van der Waals surface area contributed by atoms with Gasteiger partial charge >= 0.3 is 0 Å². The van der Waals surface area contributed by atoms with Gasteiger partial charge in [0, 0.05) is 29.2 Å².